The van der Waals surface area contributed by atoms with Gasteiger partial charge in [0.05, 0.1) is 31.5 Å². The van der Waals surface area contributed by atoms with Gasteiger partial charge in [0.2, 0.25) is 6.73 Å². The lowest BCUT2D eigenvalue weighted by Crippen LogP contribution is -3.00. The lowest BCUT2D eigenvalue weighted by molar-refractivity contribution is -0.959. The number of anilines is 1. The zero-order valence-electron chi connectivity index (χ0n) is 29.0. The molecule has 5 N–H and O–H groups in total. The number of nitrogens with one attached hydrogen (secondary N) is 2. The van der Waals surface area contributed by atoms with Gasteiger partial charge in [0.1, 0.15) is 47.9 Å². The van der Waals surface area contributed by atoms with E-state index in [0.29, 0.717) is 49.4 Å². The summed E-state index contributed by atoms with van der Waals surface area (Å²) in [4.78, 5) is 11.6. The molecule has 3 saturated heterocycles. The molecule has 276 valence electrons. The van der Waals surface area contributed by atoms with Crippen LogP contribution in [0, 0.1) is 11.8 Å². The highest BCUT2D eigenvalue weighted by Crippen LogP contribution is 2.43. The molecule has 0 aromatic heterocycles. The van der Waals surface area contributed by atoms with Crippen LogP contribution in [0.5, 0.6) is 23.0 Å². The van der Waals surface area contributed by atoms with Crippen LogP contribution in [0.3, 0.4) is 0 Å². The number of aromatic hydroxyl groups is 1. The molecule has 0 unspecified atom stereocenters. The van der Waals surface area contributed by atoms with Gasteiger partial charge in [0, 0.05) is 43.5 Å². The molecule has 4 fully saturated rings. The summed E-state index contributed by atoms with van der Waals surface area (Å²) in [5.74, 6) is 2.27. The highest BCUT2D eigenvalue weighted by molar-refractivity contribution is 5.96. The van der Waals surface area contributed by atoms with Crippen molar-refractivity contribution in [1.82, 2.24) is 5.32 Å². The molecule has 12 heteroatoms. The van der Waals surface area contributed by atoms with Crippen molar-refractivity contribution in [2.75, 3.05) is 64.6 Å². The Bertz CT molecular complexity index is 1600. The van der Waals surface area contributed by atoms with Gasteiger partial charge in [-0.05, 0) is 54.7 Å². The Morgan fingerprint density at radius 1 is 0.980 bits per heavy atom. The molecule has 0 radical (unpaired) electrons. The number of ether oxygens (including phenoxy) is 4. The van der Waals surface area contributed by atoms with Crippen molar-refractivity contribution in [3.05, 3.63) is 77.9 Å². The first-order valence-corrected chi connectivity index (χ1v) is 18.1. The van der Waals surface area contributed by atoms with E-state index in [0.717, 1.165) is 66.9 Å². The smallest absolute Gasteiger partial charge is 0.262 e. The minimum absolute atomic E-state index is 0. The summed E-state index contributed by atoms with van der Waals surface area (Å²) in [6, 6.07) is 20.6. The molecule has 5 aliphatic rings. The maximum Gasteiger partial charge on any atom is 0.262 e. The fourth-order valence-electron chi connectivity index (χ4n) is 8.29. The first-order valence-electron chi connectivity index (χ1n) is 18.1. The SMILES string of the molecule is O=C1COc2c(cc(O)cc2[C@@H](O)CNCCOc2ccc(OC[N+]34CCC(CC3)[C@@H](OC[C@@](O)(c3ccccc3)C3CCCC3)C4)cc2)N1.[Br-]. The third-order valence-electron chi connectivity index (χ3n) is 11.2. The molecule has 3 aromatic rings. The van der Waals surface area contributed by atoms with E-state index in [4.69, 9.17) is 18.9 Å². The molecule has 51 heavy (non-hydrogen) atoms. The Hall–Kier alpha value is -3.39. The molecular weight excluding hydrogens is 718 g/mol. The monoisotopic (exact) mass is 767 g/mol. The molecule has 1 amide bonds. The van der Waals surface area contributed by atoms with E-state index in [1.165, 1.54) is 25.0 Å². The third-order valence-corrected chi connectivity index (χ3v) is 11.2. The zero-order valence-corrected chi connectivity index (χ0v) is 30.6. The first-order chi connectivity index (χ1) is 24.3. The molecule has 0 spiro atoms. The quantitative estimate of drug-likeness (QED) is 0.115. The van der Waals surface area contributed by atoms with Gasteiger partial charge in [-0.3, -0.25) is 9.28 Å². The molecular formula is C39H50BrN3O8. The lowest BCUT2D eigenvalue weighted by Gasteiger charge is -2.52. The Kier molecular flexibility index (Phi) is 12.1. The number of amides is 1. The summed E-state index contributed by atoms with van der Waals surface area (Å²) in [5.41, 5.74) is 0.771. The Morgan fingerprint density at radius 3 is 2.41 bits per heavy atom. The number of nitrogens with zero attached hydrogens (tertiary/aromatic N) is 1. The largest absolute Gasteiger partial charge is 1.00 e. The predicted octanol–water partition coefficient (Wildman–Crippen LogP) is 1.47. The second kappa shape index (κ2) is 16.5. The maximum absolute atomic E-state index is 12.0. The molecule has 1 saturated carbocycles. The van der Waals surface area contributed by atoms with E-state index in [1.807, 2.05) is 54.6 Å². The number of carbonyl (C=O) groups is 1. The number of halogens is 1. The summed E-state index contributed by atoms with van der Waals surface area (Å²) in [7, 11) is 0. The van der Waals surface area contributed by atoms with Crippen molar-refractivity contribution in [3.63, 3.8) is 0 Å². The lowest BCUT2D eigenvalue weighted by atomic mass is 9.80. The minimum Gasteiger partial charge on any atom is -1.00 e. The van der Waals surface area contributed by atoms with Gasteiger partial charge in [-0.15, -0.1) is 0 Å². The second-order valence-electron chi connectivity index (χ2n) is 14.5. The van der Waals surface area contributed by atoms with Crippen LogP contribution in [0.15, 0.2) is 66.7 Å². The maximum atomic E-state index is 12.0. The number of rotatable bonds is 15. The van der Waals surface area contributed by atoms with E-state index < -0.39 is 11.7 Å². The van der Waals surface area contributed by atoms with E-state index in [1.54, 1.807) is 0 Å². The Morgan fingerprint density at radius 2 is 1.69 bits per heavy atom. The van der Waals surface area contributed by atoms with Gasteiger partial charge in [-0.1, -0.05) is 43.2 Å². The number of carbonyl (C=O) groups excluding carboxylic acids is 1. The number of phenolic OH excluding ortho intramolecular Hbond substituents is 1. The zero-order chi connectivity index (χ0) is 34.6. The highest BCUT2D eigenvalue weighted by atomic mass is 79.9. The van der Waals surface area contributed by atoms with Crippen LogP contribution < -0.4 is 41.8 Å². The van der Waals surface area contributed by atoms with Crippen LogP contribution >= 0.6 is 0 Å². The number of quaternary nitrogens is 1. The van der Waals surface area contributed by atoms with E-state index >= 15 is 0 Å². The number of benzene rings is 3. The Balaban J connectivity index is 0.00000448. The van der Waals surface area contributed by atoms with Gasteiger partial charge in [0.15, 0.2) is 6.61 Å². The molecule has 3 atom stereocenters. The summed E-state index contributed by atoms with van der Waals surface area (Å²) in [5, 5.41) is 38.6. The van der Waals surface area contributed by atoms with Crippen LogP contribution in [-0.4, -0.2) is 91.1 Å². The van der Waals surface area contributed by atoms with Crippen LogP contribution in [-0.2, 0) is 15.1 Å². The van der Waals surface area contributed by atoms with Crippen LogP contribution in [0.4, 0.5) is 5.69 Å². The van der Waals surface area contributed by atoms with Gasteiger partial charge >= 0.3 is 0 Å². The summed E-state index contributed by atoms with van der Waals surface area (Å²) in [6.45, 7) is 4.95. The van der Waals surface area contributed by atoms with Crippen molar-refractivity contribution in [2.45, 2.75) is 56.3 Å². The van der Waals surface area contributed by atoms with Crippen molar-refractivity contribution in [1.29, 1.82) is 0 Å². The third kappa shape index (κ3) is 8.64. The van der Waals surface area contributed by atoms with Gasteiger partial charge in [-0.2, -0.15) is 0 Å². The molecule has 3 aromatic carbocycles. The predicted molar refractivity (Wildman–Crippen MR) is 187 cm³/mol. The number of hydrogen-bond acceptors (Lipinski definition) is 9. The summed E-state index contributed by atoms with van der Waals surface area (Å²) in [6.07, 6.45) is 5.82. The van der Waals surface area contributed by atoms with E-state index in [2.05, 4.69) is 10.6 Å². The average molecular weight is 769 g/mol. The number of hydrogen-bond donors (Lipinski definition) is 5. The molecule has 4 aliphatic heterocycles. The van der Waals surface area contributed by atoms with Crippen LogP contribution in [0.1, 0.15) is 55.8 Å². The summed E-state index contributed by atoms with van der Waals surface area (Å²) < 4.78 is 25.3. The molecule has 4 heterocycles. The second-order valence-corrected chi connectivity index (χ2v) is 14.5. The topological polar surface area (TPSA) is 139 Å². The number of phenols is 1. The number of aliphatic hydroxyl groups excluding tert-OH is 1. The fourth-order valence-corrected chi connectivity index (χ4v) is 8.29. The van der Waals surface area contributed by atoms with Crippen molar-refractivity contribution in [2.24, 2.45) is 11.8 Å². The number of fused-ring (bicyclic) bond motifs is 4. The highest BCUT2D eigenvalue weighted by Gasteiger charge is 2.49. The van der Waals surface area contributed by atoms with Gasteiger partial charge in [0.25, 0.3) is 5.91 Å². The standard InChI is InChI=1S/C39H49N3O8.BrH/c43-30-20-33(38-34(21-30)41-37(45)24-48-38)35(44)22-40-16-19-47-31-10-12-32(13-11-31)50-26-42-17-14-27(15-18-42)36(23-42)49-25-39(46,29-8-4-5-9-29)28-6-2-1-3-7-28;/h1-3,6-7,10-13,20-21,27,29,35-36,40,44,46H,4-5,8-9,14-19,22-26H2,(H-,41,43,45);1H/t27?,35-,36-,39+,42?;/m0./s1. The van der Waals surface area contributed by atoms with Crippen molar-refractivity contribution >= 4 is 11.6 Å². The summed E-state index contributed by atoms with van der Waals surface area (Å²) >= 11 is 0. The number of aliphatic hydroxyl groups is 2. The first kappa shape index (κ1) is 37.4. The van der Waals surface area contributed by atoms with Gasteiger partial charge < -0.3 is 61.9 Å². The Labute approximate surface area is 310 Å². The molecule has 11 nitrogen and oxygen atoms in total. The minimum atomic E-state index is -0.949. The molecule has 1 aliphatic carbocycles. The van der Waals surface area contributed by atoms with Crippen molar-refractivity contribution in [3.8, 4) is 23.0 Å². The van der Waals surface area contributed by atoms with Crippen molar-refractivity contribution < 1.29 is 60.5 Å². The molecule has 2 bridgehead atoms. The van der Waals surface area contributed by atoms with E-state index in [-0.39, 0.29) is 53.8 Å². The van der Waals surface area contributed by atoms with Gasteiger partial charge in [-0.25, -0.2) is 0 Å². The van der Waals surface area contributed by atoms with E-state index in [9.17, 15) is 20.1 Å². The fraction of sp³-hybridized carbons (Fsp3) is 0.513. The van der Waals surface area contributed by atoms with Crippen LogP contribution in [0.25, 0.3) is 0 Å². The normalized spacial score (nSPS) is 24.4. The average Bonchev–Trinajstić information content (AvgIpc) is 3.70. The van der Waals surface area contributed by atoms with Crippen LogP contribution in [0.2, 0.25) is 0 Å². The molecule has 8 rings (SSSR count). The number of piperidine rings is 3.